The number of rotatable bonds is 59. The molecule has 458 valence electrons. The Morgan fingerprint density at radius 1 is 0.259 bits per heavy atom. The van der Waals surface area contributed by atoms with Gasteiger partial charge in [-0.25, -0.2) is 0 Å². The van der Waals surface area contributed by atoms with Crippen LogP contribution in [0.1, 0.15) is 290 Å². The van der Waals surface area contributed by atoms with E-state index in [0.717, 1.165) is 122 Å². The maximum Gasteiger partial charge on any atom is 0.306 e. The van der Waals surface area contributed by atoms with Gasteiger partial charge in [0.2, 0.25) is 0 Å². The van der Waals surface area contributed by atoms with Crippen LogP contribution in [0.15, 0.2) is 146 Å². The minimum Gasteiger partial charge on any atom is -0.462 e. The van der Waals surface area contributed by atoms with Gasteiger partial charge in [0.25, 0.3) is 0 Å². The molecule has 6 heteroatoms. The van der Waals surface area contributed by atoms with E-state index in [9.17, 15) is 14.4 Å². The summed E-state index contributed by atoms with van der Waals surface area (Å²) in [6.07, 6.45) is 97.3. The summed E-state index contributed by atoms with van der Waals surface area (Å²) in [5.74, 6) is -0.962. The van der Waals surface area contributed by atoms with E-state index in [1.807, 2.05) is 0 Å². The minimum atomic E-state index is -0.813. The zero-order chi connectivity index (χ0) is 58.5. The van der Waals surface area contributed by atoms with E-state index in [1.54, 1.807) is 0 Å². The van der Waals surface area contributed by atoms with Crippen LogP contribution >= 0.6 is 0 Å². The lowest BCUT2D eigenvalue weighted by molar-refractivity contribution is -0.167. The molecule has 0 aliphatic heterocycles. The van der Waals surface area contributed by atoms with Crippen LogP contribution in [-0.4, -0.2) is 37.2 Å². The molecule has 0 heterocycles. The van der Waals surface area contributed by atoms with Gasteiger partial charge < -0.3 is 14.2 Å². The Hall–Kier alpha value is -4.71. The van der Waals surface area contributed by atoms with E-state index in [1.165, 1.54) is 122 Å². The van der Waals surface area contributed by atoms with Crippen molar-refractivity contribution in [2.45, 2.75) is 297 Å². The van der Waals surface area contributed by atoms with Gasteiger partial charge in [0.05, 0.1) is 0 Å². The van der Waals surface area contributed by atoms with Crippen LogP contribution in [0.3, 0.4) is 0 Å². The molecular weight excluding hydrogens is 997 g/mol. The quantitative estimate of drug-likeness (QED) is 0.0261. The summed E-state index contributed by atoms with van der Waals surface area (Å²) >= 11 is 0. The molecule has 1 atom stereocenters. The fourth-order valence-corrected chi connectivity index (χ4v) is 8.93. The molecule has 0 radical (unpaired) electrons. The zero-order valence-electron chi connectivity index (χ0n) is 52.5. The van der Waals surface area contributed by atoms with Crippen LogP contribution < -0.4 is 0 Å². The Balaban J connectivity index is 4.34. The molecule has 0 saturated heterocycles. The Kier molecular flexibility index (Phi) is 63.9. The van der Waals surface area contributed by atoms with Gasteiger partial charge in [-0.15, -0.1) is 0 Å². The van der Waals surface area contributed by atoms with Crippen molar-refractivity contribution < 1.29 is 28.6 Å². The topological polar surface area (TPSA) is 78.9 Å². The highest BCUT2D eigenvalue weighted by atomic mass is 16.6. The fraction of sp³-hybridized carbons (Fsp3) is 0.640. The van der Waals surface area contributed by atoms with Gasteiger partial charge >= 0.3 is 17.9 Å². The zero-order valence-corrected chi connectivity index (χ0v) is 52.5. The summed E-state index contributed by atoms with van der Waals surface area (Å²) in [5.41, 5.74) is 0. The molecule has 1 unspecified atom stereocenters. The van der Waals surface area contributed by atoms with Crippen molar-refractivity contribution in [1.82, 2.24) is 0 Å². The molecule has 81 heavy (non-hydrogen) atoms. The first kappa shape index (κ1) is 76.3. The SMILES string of the molecule is CC/C=C\C/C=C\C/C=C\C/C=C\C/C=C\C/C=C\C/C=C\CCCC(=O)OC(COC(=O)CCCCCCCCCCCCC)COC(=O)CCCCCCCCCCCCCCC/C=C\C/C=C\C/C=C\C/C=C\C/C=C\CC. The number of unbranched alkanes of at least 4 members (excludes halogenated alkanes) is 24. The Bertz CT molecular complexity index is 1760. The lowest BCUT2D eigenvalue weighted by atomic mass is 10.0. The highest BCUT2D eigenvalue weighted by Gasteiger charge is 2.19. The summed E-state index contributed by atoms with van der Waals surface area (Å²) < 4.78 is 16.9. The Morgan fingerprint density at radius 3 is 0.790 bits per heavy atom. The first-order chi connectivity index (χ1) is 40.0. The summed E-state index contributed by atoms with van der Waals surface area (Å²) in [7, 11) is 0. The summed E-state index contributed by atoms with van der Waals surface area (Å²) in [5, 5.41) is 0. The molecule has 0 amide bonds. The molecule has 0 bridgehead atoms. The van der Waals surface area contributed by atoms with Crippen molar-refractivity contribution in [3.8, 4) is 0 Å². The molecule has 6 nitrogen and oxygen atoms in total. The van der Waals surface area contributed by atoms with Gasteiger partial charge in [0, 0.05) is 19.3 Å². The van der Waals surface area contributed by atoms with Crippen LogP contribution in [0.4, 0.5) is 0 Å². The molecule has 0 fully saturated rings. The number of carbonyl (C=O) groups is 3. The number of carbonyl (C=O) groups excluding carboxylic acids is 3. The Labute approximate surface area is 499 Å². The summed E-state index contributed by atoms with van der Waals surface area (Å²) in [6.45, 7) is 6.37. The maximum absolute atomic E-state index is 12.9. The molecule has 0 aromatic heterocycles. The van der Waals surface area contributed by atoms with Crippen molar-refractivity contribution in [2.24, 2.45) is 0 Å². The number of allylic oxidation sites excluding steroid dienone is 24. The van der Waals surface area contributed by atoms with Crippen LogP contribution in [0.2, 0.25) is 0 Å². The monoisotopic (exact) mass is 1120 g/mol. The van der Waals surface area contributed by atoms with E-state index in [4.69, 9.17) is 14.2 Å². The molecule has 0 rings (SSSR count). The van der Waals surface area contributed by atoms with Gasteiger partial charge in [-0.3, -0.25) is 14.4 Å². The molecule has 0 aliphatic carbocycles. The number of ether oxygens (including phenoxy) is 3. The summed E-state index contributed by atoms with van der Waals surface area (Å²) in [4.78, 5) is 38.3. The average molecular weight is 1120 g/mol. The van der Waals surface area contributed by atoms with Crippen LogP contribution in [0.5, 0.6) is 0 Å². The van der Waals surface area contributed by atoms with Gasteiger partial charge in [0.15, 0.2) is 6.10 Å². The molecule has 0 spiro atoms. The highest BCUT2D eigenvalue weighted by molar-refractivity contribution is 5.71. The summed E-state index contributed by atoms with van der Waals surface area (Å²) in [6, 6.07) is 0. The van der Waals surface area contributed by atoms with Gasteiger partial charge in [-0.1, -0.05) is 301 Å². The third-order valence-corrected chi connectivity index (χ3v) is 13.8. The average Bonchev–Trinajstić information content (AvgIpc) is 3.47. The van der Waals surface area contributed by atoms with Crippen molar-refractivity contribution in [1.29, 1.82) is 0 Å². The van der Waals surface area contributed by atoms with Crippen molar-refractivity contribution in [3.05, 3.63) is 146 Å². The molecule has 0 aromatic carbocycles. The first-order valence-corrected chi connectivity index (χ1v) is 33.3. The standard InChI is InChI=1S/C75H122O6/c1-4-7-10-13-16-19-22-24-26-28-30-32-34-35-36-37-38-39-41-42-44-46-48-50-53-56-59-62-65-68-74(77)80-71-72(70-79-73(76)67-64-61-58-55-52-21-18-15-12-9-6-3)81-75(78)69-66-63-60-57-54-51-49-47-45-43-40-33-31-29-27-25-23-20-17-14-11-8-5-2/h7-8,10-11,16-17,19-20,24-27,30-33,35-36,43,45,49,51,57,60,72H,4-6,9,12-15,18,21-23,28-29,34,37-42,44,46-48,50,52-56,58-59,61-71H2,1-3H3/b10-7-,11-8-,19-16-,20-17-,26-24-,27-25-,32-30-,33-31-,36-35-,45-43-,51-49-,60-57-. The smallest absolute Gasteiger partial charge is 0.306 e. The molecule has 0 saturated carbocycles. The second-order valence-electron chi connectivity index (χ2n) is 21.6. The highest BCUT2D eigenvalue weighted by Crippen LogP contribution is 2.16. The second kappa shape index (κ2) is 67.8. The van der Waals surface area contributed by atoms with Crippen LogP contribution in [-0.2, 0) is 28.6 Å². The van der Waals surface area contributed by atoms with E-state index in [-0.39, 0.29) is 37.5 Å². The molecule has 0 aliphatic rings. The largest absolute Gasteiger partial charge is 0.462 e. The van der Waals surface area contributed by atoms with E-state index in [2.05, 4.69) is 167 Å². The van der Waals surface area contributed by atoms with Gasteiger partial charge in [-0.2, -0.15) is 0 Å². The van der Waals surface area contributed by atoms with Crippen molar-refractivity contribution >= 4 is 17.9 Å². The van der Waals surface area contributed by atoms with Crippen LogP contribution in [0.25, 0.3) is 0 Å². The van der Waals surface area contributed by atoms with E-state index >= 15 is 0 Å². The van der Waals surface area contributed by atoms with E-state index < -0.39 is 6.10 Å². The number of hydrogen-bond acceptors (Lipinski definition) is 6. The minimum absolute atomic E-state index is 0.103. The predicted molar refractivity (Wildman–Crippen MR) is 352 cm³/mol. The van der Waals surface area contributed by atoms with Crippen molar-refractivity contribution in [2.75, 3.05) is 13.2 Å². The molecule has 0 aromatic rings. The lowest BCUT2D eigenvalue weighted by Gasteiger charge is -2.18. The van der Waals surface area contributed by atoms with Crippen molar-refractivity contribution in [3.63, 3.8) is 0 Å². The van der Waals surface area contributed by atoms with E-state index in [0.29, 0.717) is 19.3 Å². The van der Waals surface area contributed by atoms with Gasteiger partial charge in [0.1, 0.15) is 13.2 Å². The first-order valence-electron chi connectivity index (χ1n) is 33.3. The predicted octanol–water partition coefficient (Wildman–Crippen LogP) is 23.1. The third kappa shape index (κ3) is 66.0. The van der Waals surface area contributed by atoms with Gasteiger partial charge in [-0.05, 0) is 116 Å². The lowest BCUT2D eigenvalue weighted by Crippen LogP contribution is -2.30. The number of hydrogen-bond donors (Lipinski definition) is 0. The Morgan fingerprint density at radius 2 is 0.494 bits per heavy atom. The van der Waals surface area contributed by atoms with Crippen LogP contribution in [0, 0.1) is 0 Å². The fourth-order valence-electron chi connectivity index (χ4n) is 8.93. The molecule has 0 N–H and O–H groups in total. The normalized spacial score (nSPS) is 13.1. The third-order valence-electron chi connectivity index (χ3n) is 13.8. The molecular formula is C75H122O6. The number of esters is 3. The maximum atomic E-state index is 12.9. The second-order valence-corrected chi connectivity index (χ2v) is 21.6.